The molecule has 19 heavy (non-hydrogen) atoms. The predicted octanol–water partition coefficient (Wildman–Crippen LogP) is 4.54. The molecule has 0 saturated carbocycles. The minimum atomic E-state index is -1.53. The van der Waals surface area contributed by atoms with Crippen LogP contribution in [0.15, 0.2) is 16.6 Å². The highest BCUT2D eigenvalue weighted by atomic mass is 79.9. The molecule has 2 nitrogen and oxygen atoms in total. The second-order valence-electron chi connectivity index (χ2n) is 3.71. The van der Waals surface area contributed by atoms with Crippen LogP contribution in [0.3, 0.4) is 0 Å². The van der Waals surface area contributed by atoms with Crippen LogP contribution in [0.5, 0.6) is 0 Å². The Kier molecular flexibility index (Phi) is 4.10. The Labute approximate surface area is 120 Å². The highest BCUT2D eigenvalue weighted by Crippen LogP contribution is 2.28. The van der Waals surface area contributed by atoms with Gasteiger partial charge >= 0.3 is 0 Å². The van der Waals surface area contributed by atoms with Gasteiger partial charge in [-0.1, -0.05) is 18.5 Å². The fraction of sp³-hybridized carbons (Fsp3) is 0.167. The van der Waals surface area contributed by atoms with Crippen LogP contribution >= 0.6 is 27.5 Å². The monoisotopic (exact) mass is 350 g/mol. The standard InChI is InChI=1S/C12H7BrClF3N2/c1-2-8-9(13)11(14)19-12(18-8)5-3-6(15)10(17)7(16)4-5/h3-4H,2H2,1H3. The van der Waals surface area contributed by atoms with Crippen LogP contribution in [0.25, 0.3) is 11.4 Å². The molecular formula is C12H7BrClF3N2. The average Bonchev–Trinajstić information content (AvgIpc) is 2.38. The summed E-state index contributed by atoms with van der Waals surface area (Å²) in [6.45, 7) is 1.85. The number of hydrogen-bond acceptors (Lipinski definition) is 2. The van der Waals surface area contributed by atoms with E-state index in [-0.39, 0.29) is 16.5 Å². The Bertz CT molecular complexity index is 626. The molecule has 7 heteroatoms. The zero-order chi connectivity index (χ0) is 14.2. The van der Waals surface area contributed by atoms with E-state index >= 15 is 0 Å². The van der Waals surface area contributed by atoms with Crippen molar-refractivity contribution in [2.24, 2.45) is 0 Å². The van der Waals surface area contributed by atoms with Gasteiger partial charge in [0.05, 0.1) is 10.2 Å². The van der Waals surface area contributed by atoms with E-state index in [0.717, 1.165) is 12.1 Å². The van der Waals surface area contributed by atoms with Gasteiger partial charge in [-0.25, -0.2) is 23.1 Å². The van der Waals surface area contributed by atoms with E-state index in [9.17, 15) is 13.2 Å². The fourth-order valence-electron chi connectivity index (χ4n) is 1.51. The molecule has 2 rings (SSSR count). The van der Waals surface area contributed by atoms with Gasteiger partial charge in [0, 0.05) is 5.56 Å². The Morgan fingerprint density at radius 1 is 1.16 bits per heavy atom. The Morgan fingerprint density at radius 2 is 1.74 bits per heavy atom. The van der Waals surface area contributed by atoms with Gasteiger partial charge in [0.1, 0.15) is 5.15 Å². The highest BCUT2D eigenvalue weighted by Gasteiger charge is 2.15. The van der Waals surface area contributed by atoms with Gasteiger partial charge in [-0.2, -0.15) is 0 Å². The van der Waals surface area contributed by atoms with Gasteiger partial charge in [0.15, 0.2) is 23.3 Å². The molecule has 0 fully saturated rings. The molecule has 1 aromatic heterocycles. The van der Waals surface area contributed by atoms with E-state index in [4.69, 9.17) is 11.6 Å². The average molecular weight is 352 g/mol. The SMILES string of the molecule is CCc1nc(-c2cc(F)c(F)c(F)c2)nc(Cl)c1Br. The molecule has 0 N–H and O–H groups in total. The third kappa shape index (κ3) is 2.74. The lowest BCUT2D eigenvalue weighted by Crippen LogP contribution is -1.99. The summed E-state index contributed by atoms with van der Waals surface area (Å²) in [4.78, 5) is 8.05. The maximum atomic E-state index is 13.2. The number of halogens is 5. The summed E-state index contributed by atoms with van der Waals surface area (Å²) >= 11 is 9.12. The van der Waals surface area contributed by atoms with Crippen molar-refractivity contribution < 1.29 is 13.2 Å². The topological polar surface area (TPSA) is 25.8 Å². The summed E-state index contributed by atoms with van der Waals surface area (Å²) in [5.74, 6) is -4.07. The number of hydrogen-bond donors (Lipinski definition) is 0. The highest BCUT2D eigenvalue weighted by molar-refractivity contribution is 9.10. The summed E-state index contributed by atoms with van der Waals surface area (Å²) in [5.41, 5.74) is 0.626. The normalized spacial score (nSPS) is 10.8. The number of aromatic nitrogens is 2. The predicted molar refractivity (Wildman–Crippen MR) is 69.4 cm³/mol. The zero-order valence-corrected chi connectivity index (χ0v) is 12.0. The van der Waals surface area contributed by atoms with Crippen molar-refractivity contribution in [3.63, 3.8) is 0 Å². The van der Waals surface area contributed by atoms with Gasteiger partial charge in [0.25, 0.3) is 0 Å². The molecule has 0 unspecified atom stereocenters. The summed E-state index contributed by atoms with van der Waals surface area (Å²) in [7, 11) is 0. The first-order valence-electron chi connectivity index (χ1n) is 5.30. The van der Waals surface area contributed by atoms with E-state index in [2.05, 4.69) is 25.9 Å². The molecule has 0 atom stereocenters. The molecule has 0 aliphatic carbocycles. The minimum Gasteiger partial charge on any atom is -0.232 e. The lowest BCUT2D eigenvalue weighted by atomic mass is 10.2. The first-order chi connectivity index (χ1) is 8.93. The third-order valence-corrected chi connectivity index (χ3v) is 3.79. The van der Waals surface area contributed by atoms with E-state index in [1.54, 1.807) is 0 Å². The van der Waals surface area contributed by atoms with Crippen molar-refractivity contribution in [3.8, 4) is 11.4 Å². The van der Waals surface area contributed by atoms with Gasteiger partial charge in [-0.15, -0.1) is 0 Å². The zero-order valence-electron chi connectivity index (χ0n) is 9.65. The molecule has 2 aromatic rings. The van der Waals surface area contributed by atoms with Crippen LogP contribution in [0.2, 0.25) is 5.15 Å². The van der Waals surface area contributed by atoms with Gasteiger partial charge < -0.3 is 0 Å². The third-order valence-electron chi connectivity index (χ3n) is 2.46. The van der Waals surface area contributed by atoms with E-state index in [1.165, 1.54) is 0 Å². The lowest BCUT2D eigenvalue weighted by molar-refractivity contribution is 0.447. The molecule has 1 aromatic carbocycles. The smallest absolute Gasteiger partial charge is 0.194 e. The van der Waals surface area contributed by atoms with Crippen molar-refractivity contribution >= 4 is 27.5 Å². The van der Waals surface area contributed by atoms with E-state index in [0.29, 0.717) is 16.6 Å². The molecule has 0 amide bonds. The molecule has 0 radical (unpaired) electrons. The van der Waals surface area contributed by atoms with Crippen LogP contribution in [0.4, 0.5) is 13.2 Å². The molecular weight excluding hydrogens is 344 g/mol. The Hall–Kier alpha value is -1.14. The summed E-state index contributed by atoms with van der Waals surface area (Å²) in [6.07, 6.45) is 0.558. The van der Waals surface area contributed by atoms with Crippen LogP contribution in [0.1, 0.15) is 12.6 Å². The van der Waals surface area contributed by atoms with Crippen LogP contribution < -0.4 is 0 Å². The molecule has 0 bridgehead atoms. The number of aryl methyl sites for hydroxylation is 1. The molecule has 0 aliphatic heterocycles. The molecule has 0 aliphatic rings. The van der Waals surface area contributed by atoms with E-state index < -0.39 is 17.5 Å². The van der Waals surface area contributed by atoms with Crippen LogP contribution in [0, 0.1) is 17.5 Å². The van der Waals surface area contributed by atoms with Gasteiger partial charge in [-0.05, 0) is 34.5 Å². The molecule has 1 heterocycles. The number of rotatable bonds is 2. The second kappa shape index (κ2) is 5.46. The quantitative estimate of drug-likeness (QED) is 0.586. The van der Waals surface area contributed by atoms with Gasteiger partial charge in [0.2, 0.25) is 0 Å². The van der Waals surface area contributed by atoms with Crippen LogP contribution in [-0.4, -0.2) is 9.97 Å². The Balaban J connectivity index is 2.62. The van der Waals surface area contributed by atoms with Crippen molar-refractivity contribution in [1.82, 2.24) is 9.97 Å². The first-order valence-corrected chi connectivity index (χ1v) is 6.48. The minimum absolute atomic E-state index is 0.0282. The van der Waals surface area contributed by atoms with Crippen molar-refractivity contribution in [2.75, 3.05) is 0 Å². The van der Waals surface area contributed by atoms with Crippen molar-refractivity contribution in [3.05, 3.63) is 44.9 Å². The number of nitrogens with zero attached hydrogens (tertiary/aromatic N) is 2. The van der Waals surface area contributed by atoms with E-state index in [1.807, 2.05) is 6.92 Å². The second-order valence-corrected chi connectivity index (χ2v) is 4.86. The molecule has 0 spiro atoms. The maximum Gasteiger partial charge on any atom is 0.194 e. The first kappa shape index (κ1) is 14.3. The number of benzene rings is 1. The van der Waals surface area contributed by atoms with Crippen molar-refractivity contribution in [2.45, 2.75) is 13.3 Å². The van der Waals surface area contributed by atoms with Crippen molar-refractivity contribution in [1.29, 1.82) is 0 Å². The van der Waals surface area contributed by atoms with Crippen LogP contribution in [-0.2, 0) is 6.42 Å². The summed E-state index contributed by atoms with van der Waals surface area (Å²) < 4.78 is 39.8. The lowest BCUT2D eigenvalue weighted by Gasteiger charge is -2.07. The van der Waals surface area contributed by atoms with Gasteiger partial charge in [-0.3, -0.25) is 0 Å². The summed E-state index contributed by atoms with van der Waals surface area (Å²) in [6, 6.07) is 1.66. The Morgan fingerprint density at radius 3 is 2.26 bits per heavy atom. The maximum absolute atomic E-state index is 13.2. The largest absolute Gasteiger partial charge is 0.232 e. The summed E-state index contributed by atoms with van der Waals surface area (Å²) in [5, 5.41) is 0.131. The molecule has 0 saturated heterocycles. The fourth-order valence-corrected chi connectivity index (χ4v) is 2.16. The molecule has 100 valence electrons.